The zero-order valence-electron chi connectivity index (χ0n) is 17.1. The number of rotatable bonds is 8. The van der Waals surface area contributed by atoms with Gasteiger partial charge in [-0.15, -0.1) is 13.2 Å². The maximum absolute atomic E-state index is 13.9. The number of benzene rings is 2. The Labute approximate surface area is 187 Å². The van der Waals surface area contributed by atoms with Crippen molar-refractivity contribution in [2.45, 2.75) is 19.3 Å². The van der Waals surface area contributed by atoms with Crippen LogP contribution in [-0.2, 0) is 0 Å². The third kappa shape index (κ3) is 6.15. The number of nitrogens with zero attached hydrogens (tertiary/aromatic N) is 2. The highest BCUT2D eigenvalue weighted by molar-refractivity contribution is 5.66. The van der Waals surface area contributed by atoms with Crippen LogP contribution in [0.4, 0.5) is 48.2 Å². The van der Waals surface area contributed by atoms with Crippen LogP contribution in [0.25, 0.3) is 11.3 Å². The van der Waals surface area contributed by atoms with E-state index in [9.17, 15) is 35.8 Å². The first-order valence-electron chi connectivity index (χ1n) is 9.44. The molecule has 34 heavy (non-hydrogen) atoms. The molecular weight excluding hydrogens is 475 g/mol. The summed E-state index contributed by atoms with van der Waals surface area (Å²) in [5, 5.41) is 12.0. The number of alkyl halides is 3. The quantitative estimate of drug-likeness (QED) is 0.204. The lowest BCUT2D eigenvalue weighted by molar-refractivity contribution is -0.274. The van der Waals surface area contributed by atoms with E-state index in [1.165, 1.54) is 18.2 Å². The lowest BCUT2D eigenvalue weighted by Crippen LogP contribution is -2.22. The Kier molecular flexibility index (Phi) is 7.29. The number of ether oxygens (including phenoxy) is 1. The summed E-state index contributed by atoms with van der Waals surface area (Å²) in [5.41, 5.74) is 3.24. The van der Waals surface area contributed by atoms with Gasteiger partial charge in [-0.25, -0.2) is 22.5 Å². The first kappa shape index (κ1) is 24.8. The van der Waals surface area contributed by atoms with Crippen LogP contribution in [0, 0.1) is 23.3 Å². The van der Waals surface area contributed by atoms with Crippen molar-refractivity contribution in [2.75, 3.05) is 22.8 Å². The molecule has 0 aliphatic heterocycles. The Hall–Kier alpha value is -3.81. The number of hydrazine groups is 1. The third-order valence-corrected chi connectivity index (χ3v) is 4.17. The molecule has 0 radical (unpaired) electrons. The van der Waals surface area contributed by atoms with Crippen LogP contribution < -0.4 is 20.9 Å². The van der Waals surface area contributed by atoms with Gasteiger partial charge in [0.05, 0.1) is 12.3 Å². The van der Waals surface area contributed by atoms with Gasteiger partial charge in [-0.1, -0.05) is 12.1 Å². The largest absolute Gasteiger partial charge is 0.573 e. The van der Waals surface area contributed by atoms with Gasteiger partial charge in [-0.05, 0) is 19.1 Å². The predicted octanol–water partition coefficient (Wildman–Crippen LogP) is 4.83. The van der Waals surface area contributed by atoms with Crippen molar-refractivity contribution in [1.82, 2.24) is 9.97 Å². The number of nitrogens with one attached hydrogen (secondary N) is 3. The standard InChI is InChI=1S/C20H16F7N5O2/c1-9(8-33)28-19-29-14(10-3-2-4-11(5-10)34-20(25,26)27)7-15(30-19)31-32-18-16(23)12(21)6-13(22)17(18)24/h2-7,9,32-33H,8H2,1H3,(H2,28,29,30,31)/t9-/m1/s1. The molecule has 0 bridgehead atoms. The molecule has 0 fully saturated rings. The molecule has 0 aliphatic rings. The summed E-state index contributed by atoms with van der Waals surface area (Å²) >= 11 is 0. The Bertz CT molecular complexity index is 1150. The van der Waals surface area contributed by atoms with Gasteiger partial charge in [0.2, 0.25) is 5.95 Å². The van der Waals surface area contributed by atoms with E-state index in [0.29, 0.717) is 0 Å². The molecule has 3 rings (SSSR count). The monoisotopic (exact) mass is 491 g/mol. The van der Waals surface area contributed by atoms with Crippen molar-refractivity contribution >= 4 is 17.5 Å². The molecule has 0 saturated carbocycles. The van der Waals surface area contributed by atoms with Gasteiger partial charge in [0.25, 0.3) is 0 Å². The van der Waals surface area contributed by atoms with Crippen molar-refractivity contribution < 1.29 is 40.6 Å². The van der Waals surface area contributed by atoms with Gasteiger partial charge in [0.15, 0.2) is 29.1 Å². The summed E-state index contributed by atoms with van der Waals surface area (Å²) in [6, 6.07) is 5.44. The fourth-order valence-corrected chi connectivity index (χ4v) is 2.65. The minimum absolute atomic E-state index is 0.0333. The van der Waals surface area contributed by atoms with Gasteiger partial charge in [0.1, 0.15) is 11.4 Å². The van der Waals surface area contributed by atoms with Crippen LogP contribution >= 0.6 is 0 Å². The molecule has 0 spiro atoms. The SMILES string of the molecule is C[C@H](CO)Nc1nc(NNc2c(F)c(F)cc(F)c2F)cc(-c2cccc(OC(F)(F)F)c2)n1. The normalized spacial score (nSPS) is 12.3. The highest BCUT2D eigenvalue weighted by Gasteiger charge is 2.31. The number of halogens is 7. The number of aliphatic hydroxyl groups excluding tert-OH is 1. The highest BCUT2D eigenvalue weighted by atomic mass is 19.4. The summed E-state index contributed by atoms with van der Waals surface area (Å²) in [4.78, 5) is 8.14. The highest BCUT2D eigenvalue weighted by Crippen LogP contribution is 2.29. The van der Waals surface area contributed by atoms with Crippen LogP contribution in [0.1, 0.15) is 6.92 Å². The average Bonchev–Trinajstić information content (AvgIpc) is 2.76. The Balaban J connectivity index is 1.97. The summed E-state index contributed by atoms with van der Waals surface area (Å²) in [6.45, 7) is 1.24. The second-order valence-electron chi connectivity index (χ2n) is 6.86. The molecule has 0 saturated heterocycles. The first-order chi connectivity index (χ1) is 16.0. The van der Waals surface area contributed by atoms with E-state index < -0.39 is 47.1 Å². The fraction of sp³-hybridized carbons (Fsp3) is 0.200. The fourth-order valence-electron chi connectivity index (χ4n) is 2.65. The van der Waals surface area contributed by atoms with Crippen molar-refractivity contribution in [1.29, 1.82) is 0 Å². The lowest BCUT2D eigenvalue weighted by atomic mass is 10.1. The molecule has 14 heteroatoms. The second-order valence-corrected chi connectivity index (χ2v) is 6.86. The van der Waals surface area contributed by atoms with E-state index in [-0.39, 0.29) is 35.7 Å². The molecule has 3 aromatic rings. The molecule has 1 aromatic heterocycles. The molecule has 0 aliphatic carbocycles. The molecule has 4 N–H and O–H groups in total. The molecule has 1 atom stereocenters. The van der Waals surface area contributed by atoms with Gasteiger partial charge >= 0.3 is 6.36 Å². The molecule has 182 valence electrons. The number of aromatic nitrogens is 2. The van der Waals surface area contributed by atoms with Crippen LogP contribution in [0.2, 0.25) is 0 Å². The third-order valence-electron chi connectivity index (χ3n) is 4.17. The molecular formula is C20H16F7N5O2. The smallest absolute Gasteiger partial charge is 0.406 e. The number of anilines is 3. The van der Waals surface area contributed by atoms with Crippen LogP contribution in [0.5, 0.6) is 5.75 Å². The zero-order valence-corrected chi connectivity index (χ0v) is 17.1. The van der Waals surface area contributed by atoms with Gasteiger partial charge in [-0.2, -0.15) is 4.98 Å². The van der Waals surface area contributed by atoms with E-state index in [4.69, 9.17) is 0 Å². The maximum atomic E-state index is 13.9. The van der Waals surface area contributed by atoms with Crippen LogP contribution in [-0.4, -0.2) is 34.1 Å². The van der Waals surface area contributed by atoms with Crippen molar-refractivity contribution in [3.63, 3.8) is 0 Å². The molecule has 1 heterocycles. The van der Waals surface area contributed by atoms with Gasteiger partial charge < -0.3 is 15.2 Å². The summed E-state index contributed by atoms with van der Waals surface area (Å²) in [6.07, 6.45) is -4.93. The second kappa shape index (κ2) is 9.99. The van der Waals surface area contributed by atoms with E-state index in [1.807, 2.05) is 5.43 Å². The summed E-state index contributed by atoms with van der Waals surface area (Å²) in [5.74, 6) is -7.55. The number of hydrogen-bond acceptors (Lipinski definition) is 7. The van der Waals surface area contributed by atoms with E-state index in [2.05, 4.69) is 25.4 Å². The first-order valence-corrected chi connectivity index (χ1v) is 9.44. The Morgan fingerprint density at radius 2 is 1.65 bits per heavy atom. The molecule has 2 aromatic carbocycles. The average molecular weight is 491 g/mol. The van der Waals surface area contributed by atoms with Crippen LogP contribution in [0.3, 0.4) is 0 Å². The lowest BCUT2D eigenvalue weighted by Gasteiger charge is -2.16. The van der Waals surface area contributed by atoms with E-state index in [1.54, 1.807) is 6.92 Å². The molecule has 0 amide bonds. The summed E-state index contributed by atoms with van der Waals surface area (Å²) in [7, 11) is 0. The Morgan fingerprint density at radius 3 is 2.26 bits per heavy atom. The van der Waals surface area contributed by atoms with Gasteiger partial charge in [-0.3, -0.25) is 10.9 Å². The maximum Gasteiger partial charge on any atom is 0.573 e. The zero-order chi connectivity index (χ0) is 25.0. The van der Waals surface area contributed by atoms with Crippen molar-refractivity contribution in [3.05, 3.63) is 59.7 Å². The van der Waals surface area contributed by atoms with Crippen LogP contribution in [0.15, 0.2) is 36.4 Å². The van der Waals surface area contributed by atoms with Crippen molar-refractivity contribution in [3.8, 4) is 17.0 Å². The molecule has 7 nitrogen and oxygen atoms in total. The van der Waals surface area contributed by atoms with Crippen molar-refractivity contribution in [2.24, 2.45) is 0 Å². The minimum Gasteiger partial charge on any atom is -0.406 e. The Morgan fingerprint density at radius 1 is 0.971 bits per heavy atom. The molecule has 0 unspecified atom stereocenters. The predicted molar refractivity (Wildman–Crippen MR) is 108 cm³/mol. The van der Waals surface area contributed by atoms with E-state index >= 15 is 0 Å². The van der Waals surface area contributed by atoms with E-state index in [0.717, 1.165) is 12.1 Å². The minimum atomic E-state index is -4.93. The number of aliphatic hydroxyl groups is 1. The number of hydrogen-bond donors (Lipinski definition) is 4. The summed E-state index contributed by atoms with van der Waals surface area (Å²) < 4.78 is 96.2. The van der Waals surface area contributed by atoms with Gasteiger partial charge in [0, 0.05) is 23.7 Å². The topological polar surface area (TPSA) is 91.3 Å².